The number of aromatic nitrogens is 1. The molecule has 0 spiro atoms. The van der Waals surface area contributed by atoms with Gasteiger partial charge in [-0.3, -0.25) is 9.78 Å². The van der Waals surface area contributed by atoms with E-state index in [1.165, 1.54) is 0 Å². The van der Waals surface area contributed by atoms with E-state index in [1.54, 1.807) is 24.4 Å². The third-order valence-electron chi connectivity index (χ3n) is 2.57. The Balaban J connectivity index is 1.86. The molecule has 3 N–H and O–H groups in total. The van der Waals surface area contributed by atoms with Crippen molar-refractivity contribution in [2.45, 2.75) is 13.0 Å². The quantitative estimate of drug-likeness (QED) is 0.899. The van der Waals surface area contributed by atoms with Gasteiger partial charge < -0.3 is 11.1 Å². The predicted molar refractivity (Wildman–Crippen MR) is 75.7 cm³/mol. The molecule has 1 aromatic heterocycles. The lowest BCUT2D eigenvalue weighted by Gasteiger charge is -2.05. The van der Waals surface area contributed by atoms with E-state index >= 15 is 0 Å². The van der Waals surface area contributed by atoms with Gasteiger partial charge in [-0.25, -0.2) is 0 Å². The number of amides is 1. The van der Waals surface area contributed by atoms with Gasteiger partial charge in [0.15, 0.2) is 0 Å². The van der Waals surface area contributed by atoms with E-state index in [-0.39, 0.29) is 12.3 Å². The molecule has 5 heteroatoms. The standard InChI is InChI=1S/C14H14ClN3O/c15-11-3-1-2-10(6-11)8-18-14(19)7-13-5-4-12(16)9-17-13/h1-6,9H,7-8,16H2,(H,18,19). The number of nitrogens with zero attached hydrogens (tertiary/aromatic N) is 1. The Kier molecular flexibility index (Phi) is 4.36. The first-order chi connectivity index (χ1) is 9.13. The van der Waals surface area contributed by atoms with Crippen molar-refractivity contribution in [3.63, 3.8) is 0 Å². The fourth-order valence-electron chi connectivity index (χ4n) is 1.62. The zero-order valence-corrected chi connectivity index (χ0v) is 11.0. The maximum atomic E-state index is 11.7. The van der Waals surface area contributed by atoms with Gasteiger partial charge in [-0.15, -0.1) is 0 Å². The number of hydrogen-bond acceptors (Lipinski definition) is 3. The number of nitrogens with one attached hydrogen (secondary N) is 1. The SMILES string of the molecule is Nc1ccc(CC(=O)NCc2cccc(Cl)c2)nc1. The third kappa shape index (κ3) is 4.26. The molecular formula is C14H14ClN3O. The van der Waals surface area contributed by atoms with Gasteiger partial charge in [0.1, 0.15) is 0 Å². The smallest absolute Gasteiger partial charge is 0.226 e. The number of pyridine rings is 1. The molecular weight excluding hydrogens is 262 g/mol. The van der Waals surface area contributed by atoms with Crippen LogP contribution in [-0.4, -0.2) is 10.9 Å². The Morgan fingerprint density at radius 2 is 2.16 bits per heavy atom. The van der Waals surface area contributed by atoms with E-state index in [1.807, 2.05) is 18.2 Å². The van der Waals surface area contributed by atoms with Gasteiger partial charge >= 0.3 is 0 Å². The first-order valence-electron chi connectivity index (χ1n) is 5.85. The molecule has 0 unspecified atom stereocenters. The van der Waals surface area contributed by atoms with Gasteiger partial charge in [-0.1, -0.05) is 23.7 Å². The molecule has 0 radical (unpaired) electrons. The molecule has 1 aromatic carbocycles. The number of halogens is 1. The van der Waals surface area contributed by atoms with Crippen LogP contribution in [0.1, 0.15) is 11.3 Å². The average molecular weight is 276 g/mol. The molecule has 98 valence electrons. The Labute approximate surface area is 116 Å². The second-order valence-electron chi connectivity index (χ2n) is 4.17. The van der Waals surface area contributed by atoms with Crippen molar-refractivity contribution in [1.29, 1.82) is 0 Å². The van der Waals surface area contributed by atoms with Crippen LogP contribution in [0, 0.1) is 0 Å². The Morgan fingerprint density at radius 3 is 2.84 bits per heavy atom. The van der Waals surface area contributed by atoms with Gasteiger partial charge in [-0.2, -0.15) is 0 Å². The molecule has 0 aliphatic rings. The van der Waals surface area contributed by atoms with E-state index in [0.717, 1.165) is 5.56 Å². The van der Waals surface area contributed by atoms with Crippen LogP contribution in [0.15, 0.2) is 42.6 Å². The lowest BCUT2D eigenvalue weighted by atomic mass is 10.2. The second kappa shape index (κ2) is 6.20. The highest BCUT2D eigenvalue weighted by atomic mass is 35.5. The summed E-state index contributed by atoms with van der Waals surface area (Å²) in [6.45, 7) is 0.453. The van der Waals surface area contributed by atoms with Crippen molar-refractivity contribution >= 4 is 23.2 Å². The van der Waals surface area contributed by atoms with Crippen LogP contribution in [0.4, 0.5) is 5.69 Å². The van der Waals surface area contributed by atoms with Gasteiger partial charge in [0, 0.05) is 17.3 Å². The fourth-order valence-corrected chi connectivity index (χ4v) is 1.83. The number of rotatable bonds is 4. The largest absolute Gasteiger partial charge is 0.397 e. The summed E-state index contributed by atoms with van der Waals surface area (Å²) in [6, 6.07) is 10.9. The molecule has 0 aliphatic carbocycles. The van der Waals surface area contributed by atoms with Crippen LogP contribution in [-0.2, 0) is 17.8 Å². The molecule has 0 atom stereocenters. The number of nitrogen functional groups attached to an aromatic ring is 1. The number of carbonyl (C=O) groups excluding carboxylic acids is 1. The summed E-state index contributed by atoms with van der Waals surface area (Å²) >= 11 is 5.87. The van der Waals surface area contributed by atoms with Gasteiger partial charge in [0.2, 0.25) is 5.91 Å². The molecule has 0 bridgehead atoms. The second-order valence-corrected chi connectivity index (χ2v) is 4.60. The summed E-state index contributed by atoms with van der Waals surface area (Å²) < 4.78 is 0. The van der Waals surface area contributed by atoms with Crippen LogP contribution in [0.25, 0.3) is 0 Å². The highest BCUT2D eigenvalue weighted by Gasteiger charge is 2.04. The summed E-state index contributed by atoms with van der Waals surface area (Å²) in [6.07, 6.45) is 1.78. The van der Waals surface area contributed by atoms with Crippen LogP contribution in [0.5, 0.6) is 0 Å². The minimum absolute atomic E-state index is 0.0859. The van der Waals surface area contributed by atoms with Crippen LogP contribution >= 0.6 is 11.6 Å². The highest BCUT2D eigenvalue weighted by molar-refractivity contribution is 6.30. The van der Waals surface area contributed by atoms with E-state index in [9.17, 15) is 4.79 Å². The molecule has 2 rings (SSSR count). The van der Waals surface area contributed by atoms with Crippen molar-refractivity contribution < 1.29 is 4.79 Å². The van der Waals surface area contributed by atoms with Crippen LogP contribution < -0.4 is 11.1 Å². The zero-order valence-electron chi connectivity index (χ0n) is 10.3. The number of nitrogens with two attached hydrogens (primary N) is 1. The monoisotopic (exact) mass is 275 g/mol. The molecule has 0 saturated heterocycles. The lowest BCUT2D eigenvalue weighted by molar-refractivity contribution is -0.120. The maximum absolute atomic E-state index is 11.7. The Hall–Kier alpha value is -2.07. The molecule has 2 aromatic rings. The topological polar surface area (TPSA) is 68.0 Å². The summed E-state index contributed by atoms with van der Waals surface area (Å²) in [7, 11) is 0. The molecule has 0 aliphatic heterocycles. The first kappa shape index (κ1) is 13.4. The Morgan fingerprint density at radius 1 is 1.32 bits per heavy atom. The number of anilines is 1. The normalized spacial score (nSPS) is 10.2. The van der Waals surface area contributed by atoms with Crippen molar-refractivity contribution in [2.75, 3.05) is 5.73 Å². The minimum atomic E-state index is -0.0859. The summed E-state index contributed by atoms with van der Waals surface area (Å²) in [5.41, 5.74) is 7.77. The maximum Gasteiger partial charge on any atom is 0.226 e. The van der Waals surface area contributed by atoms with Gasteiger partial charge in [-0.05, 0) is 29.8 Å². The highest BCUT2D eigenvalue weighted by Crippen LogP contribution is 2.10. The fraction of sp³-hybridized carbons (Fsp3) is 0.143. The Bertz CT molecular complexity index is 569. The number of carbonyl (C=O) groups is 1. The van der Waals surface area contributed by atoms with Crippen molar-refractivity contribution in [3.8, 4) is 0 Å². The molecule has 19 heavy (non-hydrogen) atoms. The molecule has 1 heterocycles. The van der Waals surface area contributed by atoms with Crippen molar-refractivity contribution in [3.05, 3.63) is 58.9 Å². The number of benzene rings is 1. The summed E-state index contributed by atoms with van der Waals surface area (Å²) in [5, 5.41) is 3.48. The van der Waals surface area contributed by atoms with Gasteiger partial charge in [0.05, 0.1) is 18.3 Å². The van der Waals surface area contributed by atoms with E-state index < -0.39 is 0 Å². The van der Waals surface area contributed by atoms with E-state index in [2.05, 4.69) is 10.3 Å². The predicted octanol–water partition coefficient (Wildman–Crippen LogP) is 2.18. The van der Waals surface area contributed by atoms with Crippen molar-refractivity contribution in [2.24, 2.45) is 0 Å². The minimum Gasteiger partial charge on any atom is -0.397 e. The molecule has 4 nitrogen and oxygen atoms in total. The molecule has 0 saturated carbocycles. The van der Waals surface area contributed by atoms with Crippen molar-refractivity contribution in [1.82, 2.24) is 10.3 Å². The molecule has 1 amide bonds. The lowest BCUT2D eigenvalue weighted by Crippen LogP contribution is -2.24. The molecule has 0 fully saturated rings. The zero-order chi connectivity index (χ0) is 13.7. The van der Waals surface area contributed by atoms with Gasteiger partial charge in [0.25, 0.3) is 0 Å². The average Bonchev–Trinajstić information content (AvgIpc) is 2.39. The van der Waals surface area contributed by atoms with E-state index in [0.29, 0.717) is 22.9 Å². The summed E-state index contributed by atoms with van der Waals surface area (Å²) in [5.74, 6) is -0.0859. The third-order valence-corrected chi connectivity index (χ3v) is 2.80. The number of hydrogen-bond donors (Lipinski definition) is 2. The summed E-state index contributed by atoms with van der Waals surface area (Å²) in [4.78, 5) is 15.8. The van der Waals surface area contributed by atoms with E-state index in [4.69, 9.17) is 17.3 Å². The first-order valence-corrected chi connectivity index (χ1v) is 6.23. The van der Waals surface area contributed by atoms with Crippen LogP contribution in [0.2, 0.25) is 5.02 Å². The van der Waals surface area contributed by atoms with Crippen LogP contribution in [0.3, 0.4) is 0 Å².